The van der Waals surface area contributed by atoms with Crippen LogP contribution in [0.5, 0.6) is 0 Å². The highest BCUT2D eigenvalue weighted by Crippen LogP contribution is 2.29. The lowest BCUT2D eigenvalue weighted by Crippen LogP contribution is -2.44. The number of hydrogen-bond donors (Lipinski definition) is 2. The summed E-state index contributed by atoms with van der Waals surface area (Å²) in [4.78, 5) is 12.1. The van der Waals surface area contributed by atoms with E-state index in [9.17, 15) is 4.79 Å². The number of aryl methyl sites for hydroxylation is 1. The minimum atomic E-state index is -0.292. The van der Waals surface area contributed by atoms with Crippen LogP contribution in [0.2, 0.25) is 0 Å². The fourth-order valence-corrected chi connectivity index (χ4v) is 3.36. The summed E-state index contributed by atoms with van der Waals surface area (Å²) in [5.74, 6) is 0.0358. The number of carbonyl (C=O) groups is 1. The summed E-state index contributed by atoms with van der Waals surface area (Å²) in [6.07, 6.45) is 5.89. The molecular formula is C15H21IN2O. The van der Waals surface area contributed by atoms with E-state index in [1.54, 1.807) is 0 Å². The lowest BCUT2D eigenvalue weighted by atomic mass is 9.80. The Labute approximate surface area is 128 Å². The van der Waals surface area contributed by atoms with Crippen LogP contribution in [0.15, 0.2) is 18.2 Å². The van der Waals surface area contributed by atoms with Crippen molar-refractivity contribution in [2.24, 2.45) is 5.73 Å². The molecule has 1 aliphatic rings. The second kappa shape index (κ2) is 6.22. The number of nitrogens with one attached hydrogen (secondary N) is 1. The summed E-state index contributed by atoms with van der Waals surface area (Å²) in [6, 6.07) is 6.02. The van der Waals surface area contributed by atoms with Crippen LogP contribution in [0.3, 0.4) is 0 Å². The van der Waals surface area contributed by atoms with Crippen LogP contribution >= 0.6 is 22.6 Å². The minimum Gasteiger partial charge on any atom is -0.326 e. The molecule has 3 N–H and O–H groups in total. The van der Waals surface area contributed by atoms with Crippen molar-refractivity contribution < 1.29 is 4.79 Å². The molecule has 1 fully saturated rings. The van der Waals surface area contributed by atoms with E-state index in [2.05, 4.69) is 34.0 Å². The topological polar surface area (TPSA) is 55.1 Å². The predicted octanol–water partition coefficient (Wildman–Crippen LogP) is 3.59. The Morgan fingerprint density at radius 3 is 2.68 bits per heavy atom. The van der Waals surface area contributed by atoms with E-state index in [4.69, 9.17) is 5.73 Å². The number of carbonyl (C=O) groups excluding carboxylic acids is 1. The first kappa shape index (κ1) is 14.8. The van der Waals surface area contributed by atoms with Crippen LogP contribution in [0.4, 0.5) is 5.69 Å². The number of nitrogens with two attached hydrogens (primary N) is 1. The first-order valence-electron chi connectivity index (χ1n) is 6.83. The third-order valence-electron chi connectivity index (χ3n) is 3.82. The summed E-state index contributed by atoms with van der Waals surface area (Å²) in [7, 11) is 0. The van der Waals surface area contributed by atoms with Gasteiger partial charge in [0.15, 0.2) is 0 Å². The van der Waals surface area contributed by atoms with Crippen molar-refractivity contribution in [3.63, 3.8) is 0 Å². The highest BCUT2D eigenvalue weighted by Gasteiger charge is 2.30. The molecule has 1 saturated carbocycles. The Balaban J connectivity index is 1.97. The molecule has 1 amide bonds. The maximum Gasteiger partial charge on any atom is 0.226 e. The quantitative estimate of drug-likeness (QED) is 0.797. The van der Waals surface area contributed by atoms with Crippen LogP contribution in [-0.2, 0) is 4.79 Å². The highest BCUT2D eigenvalue weighted by atomic mass is 127. The third-order valence-corrected chi connectivity index (χ3v) is 4.50. The van der Waals surface area contributed by atoms with E-state index in [0.717, 1.165) is 36.9 Å². The fourth-order valence-electron chi connectivity index (χ4n) is 2.71. The summed E-state index contributed by atoms with van der Waals surface area (Å²) >= 11 is 2.27. The van der Waals surface area contributed by atoms with Gasteiger partial charge in [-0.15, -0.1) is 0 Å². The highest BCUT2D eigenvalue weighted by molar-refractivity contribution is 14.1. The normalized spacial score (nSPS) is 18.1. The molecule has 0 heterocycles. The number of benzene rings is 1. The predicted molar refractivity (Wildman–Crippen MR) is 87.1 cm³/mol. The van der Waals surface area contributed by atoms with Crippen molar-refractivity contribution >= 4 is 34.2 Å². The van der Waals surface area contributed by atoms with E-state index >= 15 is 0 Å². The first-order valence-corrected chi connectivity index (χ1v) is 7.91. The van der Waals surface area contributed by atoms with Crippen LogP contribution in [0, 0.1) is 10.5 Å². The summed E-state index contributed by atoms with van der Waals surface area (Å²) in [5.41, 5.74) is 8.01. The summed E-state index contributed by atoms with van der Waals surface area (Å²) in [6.45, 7) is 2.01. The summed E-state index contributed by atoms with van der Waals surface area (Å²) in [5, 5.41) is 2.99. The van der Waals surface area contributed by atoms with Crippen molar-refractivity contribution in [2.45, 2.75) is 51.0 Å². The molecule has 1 aliphatic carbocycles. The molecule has 3 nitrogen and oxygen atoms in total. The fraction of sp³-hybridized carbons (Fsp3) is 0.533. The molecular weight excluding hydrogens is 351 g/mol. The Kier molecular flexibility index (Phi) is 4.84. The number of hydrogen-bond acceptors (Lipinski definition) is 2. The molecule has 19 heavy (non-hydrogen) atoms. The zero-order chi connectivity index (χ0) is 13.9. The van der Waals surface area contributed by atoms with Crippen molar-refractivity contribution in [3.05, 3.63) is 27.3 Å². The largest absolute Gasteiger partial charge is 0.326 e. The molecule has 0 spiro atoms. The average Bonchev–Trinajstić information content (AvgIpc) is 2.33. The smallest absolute Gasteiger partial charge is 0.226 e. The van der Waals surface area contributed by atoms with Gasteiger partial charge in [-0.1, -0.05) is 19.3 Å². The second-order valence-electron chi connectivity index (χ2n) is 5.61. The van der Waals surface area contributed by atoms with Gasteiger partial charge in [0.05, 0.1) is 0 Å². The lowest BCUT2D eigenvalue weighted by Gasteiger charge is -2.32. The number of amides is 1. The molecule has 0 atom stereocenters. The van der Waals surface area contributed by atoms with Gasteiger partial charge in [0.2, 0.25) is 5.91 Å². The molecule has 1 aromatic carbocycles. The van der Waals surface area contributed by atoms with Gasteiger partial charge in [-0.05, 0) is 66.1 Å². The maximum atomic E-state index is 12.1. The van der Waals surface area contributed by atoms with Crippen LogP contribution < -0.4 is 11.1 Å². The molecule has 0 bridgehead atoms. The number of anilines is 1. The second-order valence-corrected chi connectivity index (χ2v) is 6.85. The van der Waals surface area contributed by atoms with Gasteiger partial charge in [-0.2, -0.15) is 0 Å². The van der Waals surface area contributed by atoms with Gasteiger partial charge in [-0.3, -0.25) is 4.79 Å². The molecule has 2 rings (SSSR count). The van der Waals surface area contributed by atoms with Crippen LogP contribution in [-0.4, -0.2) is 11.4 Å². The Morgan fingerprint density at radius 1 is 1.37 bits per heavy atom. The van der Waals surface area contributed by atoms with Crippen molar-refractivity contribution in [1.29, 1.82) is 0 Å². The monoisotopic (exact) mass is 372 g/mol. The minimum absolute atomic E-state index is 0.0358. The van der Waals surface area contributed by atoms with Gasteiger partial charge >= 0.3 is 0 Å². The molecule has 4 heteroatoms. The molecule has 0 radical (unpaired) electrons. The average molecular weight is 372 g/mol. The molecule has 0 aromatic heterocycles. The van der Waals surface area contributed by atoms with Gasteiger partial charge in [0.25, 0.3) is 0 Å². The molecule has 1 aromatic rings. The SMILES string of the molecule is Cc1cc(I)ccc1NC(=O)CC1(N)CCCCC1. The number of halogens is 1. The van der Waals surface area contributed by atoms with Crippen LogP contribution in [0.25, 0.3) is 0 Å². The zero-order valence-corrected chi connectivity index (χ0v) is 13.5. The van der Waals surface area contributed by atoms with Crippen molar-refractivity contribution in [1.82, 2.24) is 0 Å². The zero-order valence-electron chi connectivity index (χ0n) is 11.3. The van der Waals surface area contributed by atoms with Crippen molar-refractivity contribution in [2.75, 3.05) is 5.32 Å². The van der Waals surface area contributed by atoms with E-state index in [-0.39, 0.29) is 11.4 Å². The first-order chi connectivity index (χ1) is 8.98. The van der Waals surface area contributed by atoms with E-state index in [1.165, 1.54) is 9.99 Å². The molecule has 0 saturated heterocycles. The maximum absolute atomic E-state index is 12.1. The van der Waals surface area contributed by atoms with Gasteiger partial charge < -0.3 is 11.1 Å². The Hall–Kier alpha value is -0.620. The van der Waals surface area contributed by atoms with Gasteiger partial charge in [0.1, 0.15) is 0 Å². The molecule has 0 aliphatic heterocycles. The third kappa shape index (κ3) is 4.18. The molecule has 104 valence electrons. The molecule has 0 unspecified atom stereocenters. The number of rotatable bonds is 3. The van der Waals surface area contributed by atoms with Gasteiger partial charge in [-0.25, -0.2) is 0 Å². The van der Waals surface area contributed by atoms with Crippen LogP contribution in [0.1, 0.15) is 44.1 Å². The van der Waals surface area contributed by atoms with E-state index < -0.39 is 0 Å². The summed E-state index contributed by atoms with van der Waals surface area (Å²) < 4.78 is 1.18. The van der Waals surface area contributed by atoms with E-state index in [0.29, 0.717) is 6.42 Å². The van der Waals surface area contributed by atoms with Gasteiger partial charge in [0, 0.05) is 21.2 Å². The lowest BCUT2D eigenvalue weighted by molar-refractivity contribution is -0.117. The Morgan fingerprint density at radius 2 is 2.05 bits per heavy atom. The van der Waals surface area contributed by atoms with Crippen molar-refractivity contribution in [3.8, 4) is 0 Å². The Bertz CT molecular complexity index is 467. The van der Waals surface area contributed by atoms with E-state index in [1.807, 2.05) is 19.1 Å². The standard InChI is InChI=1S/C15H21IN2O/c1-11-9-12(16)5-6-13(11)18-14(19)10-15(17)7-3-2-4-8-15/h5-6,9H,2-4,7-8,10,17H2,1H3,(H,18,19).